The second-order valence-corrected chi connectivity index (χ2v) is 6.07. The summed E-state index contributed by atoms with van der Waals surface area (Å²) < 4.78 is 2.07. The molecule has 1 aromatic heterocycles. The molecule has 0 spiro atoms. The molecule has 114 valence electrons. The molecule has 0 aliphatic heterocycles. The largest absolute Gasteiger partial charge is 0.395 e. The van der Waals surface area contributed by atoms with Crippen LogP contribution in [0.4, 0.5) is 0 Å². The smallest absolute Gasteiger partial charge is 0.0589 e. The number of benzene rings is 1. The van der Waals surface area contributed by atoms with E-state index in [2.05, 4.69) is 66.0 Å². The Labute approximate surface area is 127 Å². The van der Waals surface area contributed by atoms with E-state index in [0.717, 1.165) is 13.1 Å². The monoisotopic (exact) mass is 286 g/mol. The molecule has 0 saturated heterocycles. The molecule has 0 fully saturated rings. The quantitative estimate of drug-likeness (QED) is 0.847. The van der Waals surface area contributed by atoms with Crippen LogP contribution in [0.5, 0.6) is 0 Å². The van der Waals surface area contributed by atoms with E-state index in [9.17, 15) is 5.11 Å². The van der Waals surface area contributed by atoms with Crippen LogP contribution >= 0.6 is 0 Å². The molecule has 3 heteroatoms. The zero-order valence-corrected chi connectivity index (χ0v) is 13.2. The standard InChI is InChI=1S/C18H26N2O/c1-15(2)18(14-21)20(12-16-7-5-4-6-8-16)13-17-9-10-19(3)11-17/h4-11,15,18,21H,12-14H2,1-3H3. The number of hydrogen-bond acceptors (Lipinski definition) is 2. The van der Waals surface area contributed by atoms with Gasteiger partial charge in [0, 0.05) is 38.6 Å². The fraction of sp³-hybridized carbons (Fsp3) is 0.444. The number of aryl methyl sites for hydroxylation is 1. The SMILES string of the molecule is CC(C)C(CO)N(Cc1ccccc1)Cc1ccn(C)c1. The maximum absolute atomic E-state index is 9.78. The summed E-state index contributed by atoms with van der Waals surface area (Å²) >= 11 is 0. The van der Waals surface area contributed by atoms with E-state index in [1.54, 1.807) is 0 Å². The number of hydrogen-bond donors (Lipinski definition) is 1. The van der Waals surface area contributed by atoms with E-state index >= 15 is 0 Å². The average Bonchev–Trinajstić information content (AvgIpc) is 2.85. The van der Waals surface area contributed by atoms with Crippen molar-refractivity contribution in [1.29, 1.82) is 0 Å². The van der Waals surface area contributed by atoms with Gasteiger partial charge in [-0.3, -0.25) is 4.90 Å². The summed E-state index contributed by atoms with van der Waals surface area (Å²) in [4.78, 5) is 2.37. The molecule has 21 heavy (non-hydrogen) atoms. The number of aliphatic hydroxyl groups excluding tert-OH is 1. The molecule has 0 amide bonds. The van der Waals surface area contributed by atoms with Gasteiger partial charge in [-0.15, -0.1) is 0 Å². The average molecular weight is 286 g/mol. The predicted octanol–water partition coefficient (Wildman–Crippen LogP) is 3.04. The highest BCUT2D eigenvalue weighted by Crippen LogP contribution is 2.18. The first-order chi connectivity index (χ1) is 10.1. The summed E-state index contributed by atoms with van der Waals surface area (Å²) in [5.74, 6) is 0.419. The third kappa shape index (κ3) is 4.45. The Hall–Kier alpha value is -1.58. The summed E-state index contributed by atoms with van der Waals surface area (Å²) in [6.07, 6.45) is 4.21. The minimum atomic E-state index is 0.172. The molecular weight excluding hydrogens is 260 g/mol. The maximum atomic E-state index is 9.78. The lowest BCUT2D eigenvalue weighted by Gasteiger charge is -2.33. The van der Waals surface area contributed by atoms with Crippen molar-refractivity contribution in [3.8, 4) is 0 Å². The van der Waals surface area contributed by atoms with Crippen LogP contribution in [-0.4, -0.2) is 27.2 Å². The van der Waals surface area contributed by atoms with Gasteiger partial charge in [-0.2, -0.15) is 0 Å². The lowest BCUT2D eigenvalue weighted by atomic mass is 10.0. The second kappa shape index (κ2) is 7.43. The molecule has 1 N–H and O–H groups in total. The zero-order chi connectivity index (χ0) is 15.2. The molecular formula is C18H26N2O. The number of aromatic nitrogens is 1. The summed E-state index contributed by atoms with van der Waals surface area (Å²) in [7, 11) is 2.04. The van der Waals surface area contributed by atoms with Gasteiger partial charge in [-0.25, -0.2) is 0 Å². The van der Waals surface area contributed by atoms with Gasteiger partial charge in [-0.05, 0) is 23.1 Å². The second-order valence-electron chi connectivity index (χ2n) is 6.07. The van der Waals surface area contributed by atoms with E-state index in [4.69, 9.17) is 0 Å². The third-order valence-electron chi connectivity index (χ3n) is 3.93. The van der Waals surface area contributed by atoms with E-state index in [1.807, 2.05) is 13.1 Å². The van der Waals surface area contributed by atoms with Crippen molar-refractivity contribution in [3.05, 3.63) is 59.9 Å². The molecule has 2 rings (SSSR count). The molecule has 0 radical (unpaired) electrons. The van der Waals surface area contributed by atoms with Crippen molar-refractivity contribution in [2.24, 2.45) is 13.0 Å². The molecule has 1 heterocycles. The van der Waals surface area contributed by atoms with Crippen molar-refractivity contribution in [2.45, 2.75) is 33.0 Å². The van der Waals surface area contributed by atoms with E-state index in [1.165, 1.54) is 11.1 Å². The minimum absolute atomic E-state index is 0.172. The van der Waals surface area contributed by atoms with E-state index < -0.39 is 0 Å². The fourth-order valence-corrected chi connectivity index (χ4v) is 2.75. The predicted molar refractivity (Wildman–Crippen MR) is 86.8 cm³/mol. The molecule has 2 aromatic rings. The highest BCUT2D eigenvalue weighted by molar-refractivity contribution is 5.16. The highest BCUT2D eigenvalue weighted by Gasteiger charge is 2.21. The van der Waals surface area contributed by atoms with Crippen LogP contribution < -0.4 is 0 Å². The third-order valence-corrected chi connectivity index (χ3v) is 3.93. The van der Waals surface area contributed by atoms with Crippen LogP contribution in [0.2, 0.25) is 0 Å². The van der Waals surface area contributed by atoms with Crippen molar-refractivity contribution < 1.29 is 5.11 Å². The summed E-state index contributed by atoms with van der Waals surface area (Å²) in [5, 5.41) is 9.78. The Morgan fingerprint density at radius 2 is 1.71 bits per heavy atom. The maximum Gasteiger partial charge on any atom is 0.0589 e. The molecule has 1 atom stereocenters. The topological polar surface area (TPSA) is 28.4 Å². The number of aliphatic hydroxyl groups is 1. The Morgan fingerprint density at radius 3 is 2.24 bits per heavy atom. The van der Waals surface area contributed by atoms with Gasteiger partial charge < -0.3 is 9.67 Å². The van der Waals surface area contributed by atoms with Crippen molar-refractivity contribution >= 4 is 0 Å². The van der Waals surface area contributed by atoms with Gasteiger partial charge in [0.15, 0.2) is 0 Å². The highest BCUT2D eigenvalue weighted by atomic mass is 16.3. The summed E-state index contributed by atoms with van der Waals surface area (Å²) in [6, 6.07) is 12.8. The van der Waals surface area contributed by atoms with Crippen LogP contribution in [0.15, 0.2) is 48.8 Å². The van der Waals surface area contributed by atoms with Crippen LogP contribution in [0, 0.1) is 5.92 Å². The van der Waals surface area contributed by atoms with Gasteiger partial charge in [0.1, 0.15) is 0 Å². The van der Waals surface area contributed by atoms with Crippen molar-refractivity contribution in [1.82, 2.24) is 9.47 Å². The van der Waals surface area contributed by atoms with Crippen LogP contribution in [0.25, 0.3) is 0 Å². The molecule has 0 saturated carbocycles. The Morgan fingerprint density at radius 1 is 1.05 bits per heavy atom. The van der Waals surface area contributed by atoms with Gasteiger partial charge in [-0.1, -0.05) is 44.2 Å². The van der Waals surface area contributed by atoms with Crippen molar-refractivity contribution in [2.75, 3.05) is 6.61 Å². The van der Waals surface area contributed by atoms with Gasteiger partial charge in [0.05, 0.1) is 6.61 Å². The van der Waals surface area contributed by atoms with Gasteiger partial charge >= 0.3 is 0 Å². The number of nitrogens with zero attached hydrogens (tertiary/aromatic N) is 2. The van der Waals surface area contributed by atoms with E-state index in [-0.39, 0.29) is 12.6 Å². The molecule has 1 aromatic carbocycles. The summed E-state index contributed by atoms with van der Waals surface area (Å²) in [5.41, 5.74) is 2.57. The molecule has 0 aliphatic carbocycles. The first-order valence-corrected chi connectivity index (χ1v) is 7.60. The lowest BCUT2D eigenvalue weighted by molar-refractivity contribution is 0.0784. The molecule has 1 unspecified atom stereocenters. The lowest BCUT2D eigenvalue weighted by Crippen LogP contribution is -2.40. The zero-order valence-electron chi connectivity index (χ0n) is 13.2. The minimum Gasteiger partial charge on any atom is -0.395 e. The van der Waals surface area contributed by atoms with Gasteiger partial charge in [0.2, 0.25) is 0 Å². The summed E-state index contributed by atoms with van der Waals surface area (Å²) in [6.45, 7) is 6.25. The van der Waals surface area contributed by atoms with Crippen LogP contribution in [-0.2, 0) is 20.1 Å². The number of rotatable bonds is 7. The van der Waals surface area contributed by atoms with Crippen LogP contribution in [0.1, 0.15) is 25.0 Å². The van der Waals surface area contributed by atoms with Gasteiger partial charge in [0.25, 0.3) is 0 Å². The van der Waals surface area contributed by atoms with E-state index in [0.29, 0.717) is 5.92 Å². The van der Waals surface area contributed by atoms with Crippen LogP contribution in [0.3, 0.4) is 0 Å². The molecule has 0 bridgehead atoms. The fourth-order valence-electron chi connectivity index (χ4n) is 2.75. The Balaban J connectivity index is 2.16. The Kier molecular flexibility index (Phi) is 5.59. The molecule has 3 nitrogen and oxygen atoms in total. The Bertz CT molecular complexity index is 533. The normalized spacial score (nSPS) is 13.0. The molecule has 0 aliphatic rings. The first kappa shape index (κ1) is 15.8. The van der Waals surface area contributed by atoms with Crippen molar-refractivity contribution in [3.63, 3.8) is 0 Å². The first-order valence-electron chi connectivity index (χ1n) is 7.60.